The third-order valence-corrected chi connectivity index (χ3v) is 3.33. The molecule has 9 heteroatoms. The predicted octanol–water partition coefficient (Wildman–Crippen LogP) is -1.36. The highest BCUT2D eigenvalue weighted by Gasteiger charge is 2.45. The van der Waals surface area contributed by atoms with Gasteiger partial charge in [0, 0.05) is 0 Å². The number of aliphatic hydroxyl groups is 4. The van der Waals surface area contributed by atoms with Crippen LogP contribution in [0.4, 0.5) is 4.79 Å². The van der Waals surface area contributed by atoms with E-state index in [-0.39, 0.29) is 6.61 Å². The number of carbonyl (C=O) groups excluding carboxylic acids is 1. The number of hydrogen-bond acceptors (Lipinski definition) is 8. The van der Waals surface area contributed by atoms with Gasteiger partial charge in [0.15, 0.2) is 12.4 Å². The van der Waals surface area contributed by atoms with E-state index < -0.39 is 43.4 Å². The summed E-state index contributed by atoms with van der Waals surface area (Å²) in [6.07, 6.45) is -8.20. The number of rotatable bonds is 5. The third-order valence-electron chi connectivity index (χ3n) is 3.33. The summed E-state index contributed by atoms with van der Waals surface area (Å²) in [6, 6.07) is 8.93. The molecule has 1 aliphatic heterocycles. The maximum atomic E-state index is 11.5. The lowest BCUT2D eigenvalue weighted by Gasteiger charge is -2.39. The van der Waals surface area contributed by atoms with Crippen LogP contribution >= 0.6 is 0 Å². The quantitative estimate of drug-likeness (QED) is 0.418. The number of benzene rings is 1. The normalized spacial score (nSPS) is 30.7. The number of amides is 1. The van der Waals surface area contributed by atoms with Crippen molar-refractivity contribution in [3.05, 3.63) is 35.9 Å². The van der Waals surface area contributed by atoms with Gasteiger partial charge >= 0.3 is 6.09 Å². The van der Waals surface area contributed by atoms with E-state index in [1.165, 1.54) is 0 Å². The van der Waals surface area contributed by atoms with E-state index in [0.717, 1.165) is 5.56 Å². The van der Waals surface area contributed by atoms with Crippen molar-refractivity contribution in [2.45, 2.75) is 37.3 Å². The van der Waals surface area contributed by atoms with Crippen molar-refractivity contribution in [1.82, 2.24) is 5.48 Å². The van der Waals surface area contributed by atoms with Gasteiger partial charge in [-0.05, 0) is 5.56 Å². The maximum Gasteiger partial charge on any atom is 0.431 e. The van der Waals surface area contributed by atoms with Crippen LogP contribution in [0, 0.1) is 0 Å². The van der Waals surface area contributed by atoms with Crippen molar-refractivity contribution in [2.24, 2.45) is 0 Å². The van der Waals surface area contributed by atoms with E-state index in [2.05, 4.69) is 0 Å². The Morgan fingerprint density at radius 3 is 2.52 bits per heavy atom. The lowest BCUT2D eigenvalue weighted by atomic mass is 9.99. The van der Waals surface area contributed by atoms with Crippen molar-refractivity contribution in [2.75, 3.05) is 6.61 Å². The van der Waals surface area contributed by atoms with E-state index in [0.29, 0.717) is 0 Å². The second kappa shape index (κ2) is 8.20. The van der Waals surface area contributed by atoms with Gasteiger partial charge in [0.05, 0.1) is 6.61 Å². The summed E-state index contributed by atoms with van der Waals surface area (Å²) >= 11 is 0. The number of hydrogen-bond donors (Lipinski definition) is 5. The highest BCUT2D eigenvalue weighted by Crippen LogP contribution is 2.21. The fourth-order valence-electron chi connectivity index (χ4n) is 2.07. The van der Waals surface area contributed by atoms with Gasteiger partial charge in [0.1, 0.15) is 24.9 Å². The van der Waals surface area contributed by atoms with Crippen LogP contribution in [0.2, 0.25) is 0 Å². The molecular formula is C14H19NO8. The second-order valence-corrected chi connectivity index (χ2v) is 4.98. The molecule has 0 saturated carbocycles. The molecule has 0 unspecified atom stereocenters. The minimum Gasteiger partial charge on any atom is -0.443 e. The highest BCUT2D eigenvalue weighted by molar-refractivity contribution is 5.65. The summed E-state index contributed by atoms with van der Waals surface area (Å²) in [5, 5.41) is 38.1. The number of carbonyl (C=O) groups is 1. The molecule has 5 atom stereocenters. The number of aliphatic hydroxyl groups excluding tert-OH is 4. The summed E-state index contributed by atoms with van der Waals surface area (Å²) < 4.78 is 9.75. The van der Waals surface area contributed by atoms with E-state index >= 15 is 0 Å². The third kappa shape index (κ3) is 4.61. The van der Waals surface area contributed by atoms with Crippen molar-refractivity contribution in [1.29, 1.82) is 0 Å². The fraction of sp³-hybridized carbons (Fsp3) is 0.500. The first kappa shape index (κ1) is 17.6. The molecule has 2 rings (SSSR count). The number of hydroxylamine groups is 1. The SMILES string of the molecule is O=C(NO[C@@H]1[C@@H](O)[C@H](O)[C@@H](CO)O[C@@H]1O)OCc1ccccc1. The predicted molar refractivity (Wildman–Crippen MR) is 74.6 cm³/mol. The zero-order chi connectivity index (χ0) is 16.8. The summed E-state index contributed by atoms with van der Waals surface area (Å²) in [6.45, 7) is -0.577. The molecule has 9 nitrogen and oxygen atoms in total. The van der Waals surface area contributed by atoms with Crippen molar-refractivity contribution >= 4 is 6.09 Å². The average Bonchev–Trinajstić information content (AvgIpc) is 2.57. The molecule has 0 aromatic heterocycles. The minimum absolute atomic E-state index is 0.0114. The van der Waals surface area contributed by atoms with Crippen LogP contribution in [0.25, 0.3) is 0 Å². The Morgan fingerprint density at radius 1 is 1.17 bits per heavy atom. The van der Waals surface area contributed by atoms with Gasteiger partial charge in [0.25, 0.3) is 0 Å². The van der Waals surface area contributed by atoms with Crippen LogP contribution in [-0.4, -0.2) is 63.8 Å². The van der Waals surface area contributed by atoms with Crippen molar-refractivity contribution in [3.63, 3.8) is 0 Å². The van der Waals surface area contributed by atoms with Gasteiger partial charge in [-0.2, -0.15) is 5.48 Å². The monoisotopic (exact) mass is 329 g/mol. The molecule has 5 N–H and O–H groups in total. The summed E-state index contributed by atoms with van der Waals surface area (Å²) in [5.41, 5.74) is 2.67. The lowest BCUT2D eigenvalue weighted by molar-refractivity contribution is -0.304. The van der Waals surface area contributed by atoms with Crippen LogP contribution in [-0.2, 0) is 20.9 Å². The molecule has 1 aromatic carbocycles. The largest absolute Gasteiger partial charge is 0.443 e. The molecule has 0 spiro atoms. The molecule has 128 valence electrons. The summed E-state index contributed by atoms with van der Waals surface area (Å²) in [7, 11) is 0. The van der Waals surface area contributed by atoms with E-state index in [1.807, 2.05) is 11.5 Å². The molecule has 1 fully saturated rings. The van der Waals surface area contributed by atoms with Crippen LogP contribution < -0.4 is 5.48 Å². The first-order valence-electron chi connectivity index (χ1n) is 6.95. The van der Waals surface area contributed by atoms with Crippen molar-refractivity contribution < 1.29 is 39.5 Å². The summed E-state index contributed by atoms with van der Waals surface area (Å²) in [4.78, 5) is 16.3. The molecule has 0 radical (unpaired) electrons. The highest BCUT2D eigenvalue weighted by atomic mass is 16.7. The summed E-state index contributed by atoms with van der Waals surface area (Å²) in [5.74, 6) is 0. The minimum atomic E-state index is -1.64. The van der Waals surface area contributed by atoms with Gasteiger partial charge in [-0.1, -0.05) is 30.3 Å². The van der Waals surface area contributed by atoms with Crippen LogP contribution in [0.5, 0.6) is 0 Å². The first-order valence-corrected chi connectivity index (χ1v) is 6.95. The van der Waals surface area contributed by atoms with Crippen LogP contribution in [0.3, 0.4) is 0 Å². The van der Waals surface area contributed by atoms with E-state index in [1.54, 1.807) is 24.3 Å². The number of nitrogens with one attached hydrogen (secondary N) is 1. The Morgan fingerprint density at radius 2 is 1.87 bits per heavy atom. The Labute approximate surface area is 132 Å². The number of ether oxygens (including phenoxy) is 2. The van der Waals surface area contributed by atoms with E-state index in [9.17, 15) is 20.1 Å². The van der Waals surface area contributed by atoms with Gasteiger partial charge in [-0.15, -0.1) is 0 Å². The second-order valence-electron chi connectivity index (χ2n) is 4.98. The topological polar surface area (TPSA) is 138 Å². The molecule has 1 saturated heterocycles. The van der Waals surface area contributed by atoms with Crippen LogP contribution in [0.15, 0.2) is 30.3 Å². The fourth-order valence-corrected chi connectivity index (χ4v) is 2.07. The van der Waals surface area contributed by atoms with Crippen molar-refractivity contribution in [3.8, 4) is 0 Å². The molecule has 1 heterocycles. The Bertz CT molecular complexity index is 499. The zero-order valence-electron chi connectivity index (χ0n) is 12.1. The molecule has 1 aromatic rings. The smallest absolute Gasteiger partial charge is 0.431 e. The van der Waals surface area contributed by atoms with Gasteiger partial charge in [0.2, 0.25) is 0 Å². The first-order chi connectivity index (χ1) is 11.0. The standard InChI is InChI=1S/C14H19NO8/c16-6-9-10(17)11(18)12(13(19)22-9)23-15-14(20)21-7-8-4-2-1-3-5-8/h1-5,9-13,16-19H,6-7H2,(H,15,20)/t9-,10-,11+,12-,13+/m1/s1. The lowest BCUT2D eigenvalue weighted by Crippen LogP contribution is -2.60. The molecule has 0 bridgehead atoms. The average molecular weight is 329 g/mol. The molecule has 1 amide bonds. The van der Waals surface area contributed by atoms with E-state index in [4.69, 9.17) is 19.4 Å². The Kier molecular flexibility index (Phi) is 6.28. The Hall–Kier alpha value is -1.75. The molecular weight excluding hydrogens is 310 g/mol. The van der Waals surface area contributed by atoms with Gasteiger partial charge < -0.3 is 29.9 Å². The van der Waals surface area contributed by atoms with Crippen LogP contribution in [0.1, 0.15) is 5.56 Å². The maximum absolute atomic E-state index is 11.5. The molecule has 0 aliphatic carbocycles. The van der Waals surface area contributed by atoms with Gasteiger partial charge in [-0.3, -0.25) is 4.84 Å². The zero-order valence-corrected chi connectivity index (χ0v) is 12.1. The Balaban J connectivity index is 1.79. The van der Waals surface area contributed by atoms with Gasteiger partial charge in [-0.25, -0.2) is 4.79 Å². The molecule has 23 heavy (non-hydrogen) atoms. The molecule has 1 aliphatic rings.